The molecule has 3 nitrogen and oxygen atoms in total. The molecule has 23 heavy (non-hydrogen) atoms. The summed E-state index contributed by atoms with van der Waals surface area (Å²) in [4.78, 5) is 5.48. The zero-order chi connectivity index (χ0) is 16.2. The van der Waals surface area contributed by atoms with Crippen LogP contribution >= 0.6 is 34.5 Å². The number of nitrogens with one attached hydrogen (secondary N) is 1. The highest BCUT2D eigenvalue weighted by Crippen LogP contribution is 2.27. The van der Waals surface area contributed by atoms with Gasteiger partial charge in [0.25, 0.3) is 0 Å². The Morgan fingerprint density at radius 1 is 1.22 bits per heavy atom. The molecule has 1 aromatic carbocycles. The zero-order valence-corrected chi connectivity index (χ0v) is 14.9. The summed E-state index contributed by atoms with van der Waals surface area (Å²) in [7, 11) is 0. The maximum atomic E-state index is 6.17. The van der Waals surface area contributed by atoms with Gasteiger partial charge in [-0.3, -0.25) is 0 Å². The van der Waals surface area contributed by atoms with Gasteiger partial charge in [-0.25, -0.2) is 4.98 Å². The van der Waals surface area contributed by atoms with E-state index in [2.05, 4.69) is 10.3 Å². The SMILES string of the molecule is Cc1ccc(-c2cnc(CNCCc3ccc(Cl)cc3Cl)s2)o1. The molecule has 3 aromatic rings. The third-order valence-electron chi connectivity index (χ3n) is 3.40. The van der Waals surface area contributed by atoms with Crippen LogP contribution in [0.25, 0.3) is 10.6 Å². The summed E-state index contributed by atoms with van der Waals surface area (Å²) >= 11 is 13.7. The molecule has 6 heteroatoms. The van der Waals surface area contributed by atoms with Gasteiger partial charge in [0.1, 0.15) is 16.5 Å². The van der Waals surface area contributed by atoms with Gasteiger partial charge in [0.2, 0.25) is 0 Å². The van der Waals surface area contributed by atoms with Crippen molar-refractivity contribution in [3.05, 3.63) is 62.9 Å². The van der Waals surface area contributed by atoms with Crippen LogP contribution in [0.2, 0.25) is 10.0 Å². The molecule has 0 amide bonds. The van der Waals surface area contributed by atoms with Gasteiger partial charge in [-0.15, -0.1) is 11.3 Å². The Kier molecular flexibility index (Phi) is 5.38. The molecule has 1 N–H and O–H groups in total. The highest BCUT2D eigenvalue weighted by Gasteiger charge is 2.08. The van der Waals surface area contributed by atoms with E-state index in [-0.39, 0.29) is 0 Å². The first-order chi connectivity index (χ1) is 11.1. The molecule has 2 aromatic heterocycles. The van der Waals surface area contributed by atoms with Gasteiger partial charge in [0, 0.05) is 22.8 Å². The smallest absolute Gasteiger partial charge is 0.145 e. The Labute approximate surface area is 149 Å². The largest absolute Gasteiger partial charge is 0.460 e. The first-order valence-corrected chi connectivity index (χ1v) is 8.85. The second kappa shape index (κ2) is 7.49. The fourth-order valence-electron chi connectivity index (χ4n) is 2.22. The predicted octanol–water partition coefficient (Wildman–Crippen LogP) is 5.35. The molecular formula is C17H16Cl2N2OS. The summed E-state index contributed by atoms with van der Waals surface area (Å²) in [5, 5.41) is 5.80. The highest BCUT2D eigenvalue weighted by molar-refractivity contribution is 7.15. The molecule has 0 aliphatic heterocycles. The van der Waals surface area contributed by atoms with Crippen molar-refractivity contribution in [3.8, 4) is 10.6 Å². The van der Waals surface area contributed by atoms with Crippen LogP contribution < -0.4 is 5.32 Å². The Morgan fingerprint density at radius 2 is 2.09 bits per heavy atom. The maximum Gasteiger partial charge on any atom is 0.145 e. The van der Waals surface area contributed by atoms with E-state index < -0.39 is 0 Å². The molecule has 0 saturated heterocycles. The minimum absolute atomic E-state index is 0.662. The van der Waals surface area contributed by atoms with E-state index in [0.717, 1.165) is 46.5 Å². The second-order valence-corrected chi connectivity index (χ2v) is 7.15. The molecule has 2 heterocycles. The first kappa shape index (κ1) is 16.5. The molecule has 0 aliphatic rings. The van der Waals surface area contributed by atoms with E-state index in [0.29, 0.717) is 10.0 Å². The zero-order valence-electron chi connectivity index (χ0n) is 12.6. The number of rotatable bonds is 6. The lowest BCUT2D eigenvalue weighted by Crippen LogP contribution is -2.16. The molecule has 0 aliphatic carbocycles. The average molecular weight is 367 g/mol. The number of halogens is 2. The second-order valence-electron chi connectivity index (χ2n) is 5.19. The fourth-order valence-corrected chi connectivity index (χ4v) is 3.57. The van der Waals surface area contributed by atoms with Gasteiger partial charge in [0.05, 0.1) is 4.88 Å². The molecule has 0 bridgehead atoms. The van der Waals surface area contributed by atoms with Crippen LogP contribution in [-0.4, -0.2) is 11.5 Å². The number of nitrogens with zero attached hydrogens (tertiary/aromatic N) is 1. The molecule has 120 valence electrons. The molecular weight excluding hydrogens is 351 g/mol. The molecule has 0 atom stereocenters. The van der Waals surface area contributed by atoms with Crippen molar-refractivity contribution in [1.29, 1.82) is 0 Å². The van der Waals surface area contributed by atoms with Crippen LogP contribution in [0.3, 0.4) is 0 Å². The van der Waals surface area contributed by atoms with Crippen LogP contribution in [0.4, 0.5) is 0 Å². The standard InChI is InChI=1S/C17H16Cl2N2OS/c1-11-2-5-15(22-11)16-9-21-17(23-16)10-20-7-6-12-3-4-13(18)8-14(12)19/h2-5,8-9,20H,6-7,10H2,1H3. The molecule has 0 saturated carbocycles. The summed E-state index contributed by atoms with van der Waals surface area (Å²) in [6.07, 6.45) is 2.71. The average Bonchev–Trinajstić information content (AvgIpc) is 3.14. The third-order valence-corrected chi connectivity index (χ3v) is 5.00. The lowest BCUT2D eigenvalue weighted by molar-refractivity contribution is 0.549. The summed E-state index contributed by atoms with van der Waals surface area (Å²) in [5.74, 6) is 1.78. The van der Waals surface area contributed by atoms with Crippen LogP contribution in [-0.2, 0) is 13.0 Å². The number of hydrogen-bond acceptors (Lipinski definition) is 4. The molecule has 0 unspecified atom stereocenters. The number of aromatic nitrogens is 1. The number of hydrogen-bond donors (Lipinski definition) is 1. The van der Waals surface area contributed by atoms with Crippen LogP contribution in [0.1, 0.15) is 16.3 Å². The molecule has 0 spiro atoms. The van der Waals surface area contributed by atoms with Crippen molar-refractivity contribution in [2.45, 2.75) is 19.9 Å². The normalized spacial score (nSPS) is 11.1. The Balaban J connectivity index is 1.50. The minimum Gasteiger partial charge on any atom is -0.460 e. The number of benzene rings is 1. The van der Waals surface area contributed by atoms with E-state index in [4.69, 9.17) is 27.6 Å². The van der Waals surface area contributed by atoms with E-state index in [1.807, 2.05) is 37.4 Å². The Hall–Kier alpha value is -1.33. The van der Waals surface area contributed by atoms with Gasteiger partial charge < -0.3 is 9.73 Å². The van der Waals surface area contributed by atoms with Crippen molar-refractivity contribution < 1.29 is 4.42 Å². The van der Waals surface area contributed by atoms with Gasteiger partial charge >= 0.3 is 0 Å². The van der Waals surface area contributed by atoms with Crippen LogP contribution in [0.15, 0.2) is 40.9 Å². The van der Waals surface area contributed by atoms with Crippen molar-refractivity contribution >= 4 is 34.5 Å². The quantitative estimate of drug-likeness (QED) is 0.597. The van der Waals surface area contributed by atoms with E-state index in [9.17, 15) is 0 Å². The first-order valence-electron chi connectivity index (χ1n) is 7.28. The van der Waals surface area contributed by atoms with Gasteiger partial charge in [0.15, 0.2) is 0 Å². The van der Waals surface area contributed by atoms with E-state index in [1.165, 1.54) is 0 Å². The Bertz CT molecular complexity index is 797. The molecule has 0 radical (unpaired) electrons. The van der Waals surface area contributed by atoms with Gasteiger partial charge in [-0.1, -0.05) is 29.3 Å². The highest BCUT2D eigenvalue weighted by atomic mass is 35.5. The molecule has 3 rings (SSSR count). The predicted molar refractivity (Wildman–Crippen MR) is 96.4 cm³/mol. The van der Waals surface area contributed by atoms with Crippen molar-refractivity contribution in [2.75, 3.05) is 6.54 Å². The van der Waals surface area contributed by atoms with Crippen molar-refractivity contribution in [3.63, 3.8) is 0 Å². The van der Waals surface area contributed by atoms with E-state index in [1.54, 1.807) is 17.4 Å². The van der Waals surface area contributed by atoms with E-state index >= 15 is 0 Å². The number of thiazole rings is 1. The van der Waals surface area contributed by atoms with Crippen LogP contribution in [0.5, 0.6) is 0 Å². The monoisotopic (exact) mass is 366 g/mol. The summed E-state index contributed by atoms with van der Waals surface area (Å²) in [5.41, 5.74) is 1.09. The van der Waals surface area contributed by atoms with Gasteiger partial charge in [-0.05, 0) is 49.7 Å². The summed E-state index contributed by atoms with van der Waals surface area (Å²) < 4.78 is 5.61. The number of furan rings is 1. The molecule has 0 fully saturated rings. The summed E-state index contributed by atoms with van der Waals surface area (Å²) in [6.45, 7) is 3.50. The lowest BCUT2D eigenvalue weighted by atomic mass is 10.1. The topological polar surface area (TPSA) is 38.1 Å². The van der Waals surface area contributed by atoms with Crippen LogP contribution in [0, 0.1) is 6.92 Å². The fraction of sp³-hybridized carbons (Fsp3) is 0.235. The van der Waals surface area contributed by atoms with Crippen molar-refractivity contribution in [1.82, 2.24) is 10.3 Å². The van der Waals surface area contributed by atoms with Crippen molar-refractivity contribution in [2.24, 2.45) is 0 Å². The van der Waals surface area contributed by atoms with Gasteiger partial charge in [-0.2, -0.15) is 0 Å². The lowest BCUT2D eigenvalue weighted by Gasteiger charge is -2.05. The third kappa shape index (κ3) is 4.36. The number of aryl methyl sites for hydroxylation is 1. The maximum absolute atomic E-state index is 6.17. The Morgan fingerprint density at radius 3 is 2.83 bits per heavy atom. The minimum atomic E-state index is 0.662. The summed E-state index contributed by atoms with van der Waals surface area (Å²) in [6, 6.07) is 9.54.